The standard InChI is InChI=1S/C15H20FN3O2/c1-2-14(20)17-13-4-3-9-19(10-13)15(21)18-12-7-5-11(16)6-8-12/h5-8,13H,2-4,9-10H2,1H3,(H,17,20)(H,18,21)/t13-/m1/s1. The third-order valence-electron chi connectivity index (χ3n) is 3.49. The Hall–Kier alpha value is -2.11. The van der Waals surface area contributed by atoms with Gasteiger partial charge in [0.2, 0.25) is 5.91 Å². The van der Waals surface area contributed by atoms with Gasteiger partial charge < -0.3 is 15.5 Å². The van der Waals surface area contributed by atoms with Crippen LogP contribution in [0.5, 0.6) is 0 Å². The molecule has 114 valence electrons. The molecule has 1 fully saturated rings. The molecule has 21 heavy (non-hydrogen) atoms. The summed E-state index contributed by atoms with van der Waals surface area (Å²) in [6.45, 7) is 2.96. The van der Waals surface area contributed by atoms with Gasteiger partial charge in [0.25, 0.3) is 0 Å². The lowest BCUT2D eigenvalue weighted by molar-refractivity contribution is -0.121. The van der Waals surface area contributed by atoms with Crippen LogP contribution in [0.2, 0.25) is 0 Å². The maximum absolute atomic E-state index is 12.8. The number of likely N-dealkylation sites (tertiary alicyclic amines) is 1. The van der Waals surface area contributed by atoms with Gasteiger partial charge >= 0.3 is 6.03 Å². The molecular formula is C15H20FN3O2. The molecule has 0 spiro atoms. The number of rotatable bonds is 3. The summed E-state index contributed by atoms with van der Waals surface area (Å²) in [5.74, 6) is -0.339. The Labute approximate surface area is 123 Å². The largest absolute Gasteiger partial charge is 0.352 e. The van der Waals surface area contributed by atoms with Gasteiger partial charge in [0.1, 0.15) is 5.82 Å². The lowest BCUT2D eigenvalue weighted by atomic mass is 10.1. The van der Waals surface area contributed by atoms with Gasteiger partial charge in [-0.15, -0.1) is 0 Å². The number of benzene rings is 1. The molecule has 0 saturated carbocycles. The Balaban J connectivity index is 1.89. The Morgan fingerprint density at radius 3 is 2.71 bits per heavy atom. The first-order chi connectivity index (χ1) is 10.1. The first-order valence-corrected chi connectivity index (χ1v) is 7.19. The van der Waals surface area contributed by atoms with Crippen molar-refractivity contribution in [1.29, 1.82) is 0 Å². The number of hydrogen-bond acceptors (Lipinski definition) is 2. The second-order valence-electron chi connectivity index (χ2n) is 5.14. The molecule has 1 atom stereocenters. The summed E-state index contributed by atoms with van der Waals surface area (Å²) in [5, 5.41) is 5.65. The molecule has 0 aliphatic carbocycles. The van der Waals surface area contributed by atoms with Crippen LogP contribution in [0.1, 0.15) is 26.2 Å². The van der Waals surface area contributed by atoms with Gasteiger partial charge in [0.15, 0.2) is 0 Å². The summed E-state index contributed by atoms with van der Waals surface area (Å²) < 4.78 is 12.8. The van der Waals surface area contributed by atoms with Gasteiger partial charge in [-0.25, -0.2) is 9.18 Å². The van der Waals surface area contributed by atoms with Crippen molar-refractivity contribution in [3.63, 3.8) is 0 Å². The van der Waals surface area contributed by atoms with Crippen LogP contribution in [0.25, 0.3) is 0 Å². The van der Waals surface area contributed by atoms with Crippen molar-refractivity contribution in [3.8, 4) is 0 Å². The van der Waals surface area contributed by atoms with Crippen LogP contribution in [-0.2, 0) is 4.79 Å². The van der Waals surface area contributed by atoms with Crippen molar-refractivity contribution in [1.82, 2.24) is 10.2 Å². The Morgan fingerprint density at radius 2 is 2.05 bits per heavy atom. The molecule has 5 nitrogen and oxygen atoms in total. The molecular weight excluding hydrogens is 273 g/mol. The molecule has 2 rings (SSSR count). The zero-order valence-corrected chi connectivity index (χ0v) is 12.1. The van der Waals surface area contributed by atoms with Crippen LogP contribution < -0.4 is 10.6 Å². The Morgan fingerprint density at radius 1 is 1.33 bits per heavy atom. The third kappa shape index (κ3) is 4.44. The minimum absolute atomic E-state index is 0.000734. The molecule has 0 radical (unpaired) electrons. The van der Waals surface area contributed by atoms with E-state index >= 15 is 0 Å². The zero-order valence-electron chi connectivity index (χ0n) is 12.1. The fourth-order valence-corrected chi connectivity index (χ4v) is 2.34. The summed E-state index contributed by atoms with van der Waals surface area (Å²) in [7, 11) is 0. The van der Waals surface area contributed by atoms with Crippen molar-refractivity contribution in [2.75, 3.05) is 18.4 Å². The molecule has 0 bridgehead atoms. The number of carbonyl (C=O) groups is 2. The average Bonchev–Trinajstić information content (AvgIpc) is 2.49. The SMILES string of the molecule is CCC(=O)N[C@@H]1CCCN(C(=O)Nc2ccc(F)cc2)C1. The first kappa shape index (κ1) is 15.3. The second kappa shape index (κ2) is 7.06. The summed E-state index contributed by atoms with van der Waals surface area (Å²) in [4.78, 5) is 25.2. The summed E-state index contributed by atoms with van der Waals surface area (Å²) in [6, 6.07) is 5.43. The van der Waals surface area contributed by atoms with Crippen LogP contribution >= 0.6 is 0 Å². The molecule has 3 amide bonds. The highest BCUT2D eigenvalue weighted by molar-refractivity contribution is 5.89. The number of hydrogen-bond donors (Lipinski definition) is 2. The number of nitrogens with zero attached hydrogens (tertiary/aromatic N) is 1. The smallest absolute Gasteiger partial charge is 0.321 e. The fraction of sp³-hybridized carbons (Fsp3) is 0.467. The van der Waals surface area contributed by atoms with Crippen molar-refractivity contribution in [3.05, 3.63) is 30.1 Å². The van der Waals surface area contributed by atoms with Gasteiger partial charge in [-0.2, -0.15) is 0 Å². The van der Waals surface area contributed by atoms with Gasteiger partial charge in [-0.1, -0.05) is 6.92 Å². The number of anilines is 1. The summed E-state index contributed by atoms with van der Waals surface area (Å²) in [6.07, 6.45) is 2.18. The topological polar surface area (TPSA) is 61.4 Å². The number of halogens is 1. The van der Waals surface area contributed by atoms with Gasteiger partial charge in [-0.3, -0.25) is 4.79 Å². The highest BCUT2D eigenvalue weighted by Crippen LogP contribution is 2.14. The summed E-state index contributed by atoms with van der Waals surface area (Å²) >= 11 is 0. The number of nitrogens with one attached hydrogen (secondary N) is 2. The predicted octanol–water partition coefficient (Wildman–Crippen LogP) is 2.35. The molecule has 1 aliphatic heterocycles. The summed E-state index contributed by atoms with van der Waals surface area (Å²) in [5.41, 5.74) is 0.557. The van der Waals surface area contributed by atoms with Crippen molar-refractivity contribution < 1.29 is 14.0 Å². The quantitative estimate of drug-likeness (QED) is 0.898. The molecule has 1 aromatic carbocycles. The van der Waals surface area contributed by atoms with E-state index in [1.165, 1.54) is 24.3 Å². The van der Waals surface area contributed by atoms with Gasteiger partial charge in [0.05, 0.1) is 0 Å². The number of piperidine rings is 1. The maximum Gasteiger partial charge on any atom is 0.321 e. The van der Waals surface area contributed by atoms with Crippen LogP contribution in [0.15, 0.2) is 24.3 Å². The van der Waals surface area contributed by atoms with Gasteiger partial charge in [0, 0.05) is 31.2 Å². The predicted molar refractivity (Wildman–Crippen MR) is 78.4 cm³/mol. The van der Waals surface area contributed by atoms with E-state index in [9.17, 15) is 14.0 Å². The lowest BCUT2D eigenvalue weighted by Crippen LogP contribution is -2.50. The first-order valence-electron chi connectivity index (χ1n) is 7.19. The molecule has 2 N–H and O–H groups in total. The highest BCUT2D eigenvalue weighted by Gasteiger charge is 2.24. The number of carbonyl (C=O) groups excluding carboxylic acids is 2. The number of amides is 3. The fourth-order valence-electron chi connectivity index (χ4n) is 2.34. The van der Waals surface area contributed by atoms with E-state index in [-0.39, 0.29) is 23.8 Å². The van der Waals surface area contributed by atoms with Crippen molar-refractivity contribution >= 4 is 17.6 Å². The van der Waals surface area contributed by atoms with Crippen LogP contribution in [0, 0.1) is 5.82 Å². The van der Waals surface area contributed by atoms with E-state index in [0.29, 0.717) is 25.2 Å². The average molecular weight is 293 g/mol. The van der Waals surface area contributed by atoms with Crippen LogP contribution in [0.3, 0.4) is 0 Å². The molecule has 0 aromatic heterocycles. The van der Waals surface area contributed by atoms with E-state index in [4.69, 9.17) is 0 Å². The van der Waals surface area contributed by atoms with Crippen LogP contribution in [0.4, 0.5) is 14.9 Å². The zero-order chi connectivity index (χ0) is 15.2. The number of urea groups is 1. The molecule has 6 heteroatoms. The van der Waals surface area contributed by atoms with Crippen molar-refractivity contribution in [2.24, 2.45) is 0 Å². The maximum atomic E-state index is 12.8. The molecule has 1 saturated heterocycles. The van der Waals surface area contributed by atoms with Crippen molar-refractivity contribution in [2.45, 2.75) is 32.2 Å². The molecule has 1 aliphatic rings. The Kier molecular flexibility index (Phi) is 5.14. The molecule has 1 heterocycles. The third-order valence-corrected chi connectivity index (χ3v) is 3.49. The molecule has 0 unspecified atom stereocenters. The van der Waals surface area contributed by atoms with E-state index in [1.807, 2.05) is 0 Å². The minimum Gasteiger partial charge on any atom is -0.352 e. The normalized spacial score (nSPS) is 18.2. The monoisotopic (exact) mass is 293 g/mol. The van der Waals surface area contributed by atoms with E-state index < -0.39 is 0 Å². The van der Waals surface area contributed by atoms with E-state index in [2.05, 4.69) is 10.6 Å². The van der Waals surface area contributed by atoms with E-state index in [0.717, 1.165) is 12.8 Å². The van der Waals surface area contributed by atoms with E-state index in [1.54, 1.807) is 11.8 Å². The highest BCUT2D eigenvalue weighted by atomic mass is 19.1. The van der Waals surface area contributed by atoms with Gasteiger partial charge in [-0.05, 0) is 37.1 Å². The van der Waals surface area contributed by atoms with Crippen LogP contribution in [-0.4, -0.2) is 36.0 Å². The second-order valence-corrected chi connectivity index (χ2v) is 5.14. The molecule has 1 aromatic rings. The minimum atomic E-state index is -0.340. The Bertz CT molecular complexity index is 504. The lowest BCUT2D eigenvalue weighted by Gasteiger charge is -2.33.